The van der Waals surface area contributed by atoms with Crippen LogP contribution in [0.1, 0.15) is 12.5 Å². The van der Waals surface area contributed by atoms with Gasteiger partial charge >= 0.3 is 0 Å². The molecule has 0 amide bonds. The van der Waals surface area contributed by atoms with E-state index in [0.29, 0.717) is 10.5 Å². The van der Waals surface area contributed by atoms with E-state index in [4.69, 9.17) is 11.6 Å². The lowest BCUT2D eigenvalue weighted by Crippen LogP contribution is -1.98. The minimum atomic E-state index is -3.33. The highest BCUT2D eigenvalue weighted by Crippen LogP contribution is 2.15. The Morgan fingerprint density at radius 1 is 1.33 bits per heavy atom. The first kappa shape index (κ1) is 12.3. The van der Waals surface area contributed by atoms with Crippen molar-refractivity contribution < 1.29 is 8.42 Å². The lowest BCUT2D eigenvalue weighted by atomic mass is 10.2. The molecule has 0 radical (unpaired) electrons. The van der Waals surface area contributed by atoms with Gasteiger partial charge in [-0.05, 0) is 31.6 Å². The molecule has 0 aromatic heterocycles. The smallest absolute Gasteiger partial charge is 0.199 e. The molecule has 1 aromatic rings. The number of aryl methyl sites for hydroxylation is 1. The molecule has 0 spiro atoms. The fourth-order valence-corrected chi connectivity index (χ4v) is 2.53. The summed E-state index contributed by atoms with van der Waals surface area (Å²) in [4.78, 5) is 0.303. The van der Waals surface area contributed by atoms with Crippen LogP contribution in [0.15, 0.2) is 40.1 Å². The van der Waals surface area contributed by atoms with E-state index in [1.165, 1.54) is 5.41 Å². The van der Waals surface area contributed by atoms with Crippen LogP contribution in [0.25, 0.3) is 0 Å². The van der Waals surface area contributed by atoms with E-state index < -0.39 is 9.84 Å². The molecule has 0 saturated carbocycles. The van der Waals surface area contributed by atoms with Gasteiger partial charge in [0.1, 0.15) is 0 Å². The topological polar surface area (TPSA) is 34.1 Å². The van der Waals surface area contributed by atoms with Gasteiger partial charge in [-0.1, -0.05) is 17.7 Å². The Morgan fingerprint density at radius 3 is 2.33 bits per heavy atom. The van der Waals surface area contributed by atoms with Crippen LogP contribution in [0.5, 0.6) is 0 Å². The summed E-state index contributed by atoms with van der Waals surface area (Å²) >= 11 is 5.54. The number of rotatable bonds is 3. The molecule has 0 unspecified atom stereocenters. The molecule has 4 heteroatoms. The van der Waals surface area contributed by atoms with E-state index >= 15 is 0 Å². The Balaban J connectivity index is 3.13. The number of hydrogen-bond acceptors (Lipinski definition) is 2. The molecule has 0 bridgehead atoms. The van der Waals surface area contributed by atoms with Gasteiger partial charge in [0, 0.05) is 11.3 Å². The normalized spacial score (nSPS) is 12.9. The van der Waals surface area contributed by atoms with Gasteiger partial charge in [-0.25, -0.2) is 8.42 Å². The lowest BCUT2D eigenvalue weighted by molar-refractivity contribution is 0.604. The molecular formula is C11H13ClO2S. The molecule has 0 aliphatic rings. The zero-order valence-corrected chi connectivity index (χ0v) is 10.3. The third kappa shape index (κ3) is 3.36. The fraction of sp³-hybridized carbons (Fsp3) is 0.273. The number of halogens is 1. The van der Waals surface area contributed by atoms with Crippen LogP contribution in [-0.2, 0) is 9.84 Å². The highest BCUT2D eigenvalue weighted by molar-refractivity contribution is 7.94. The molecule has 0 aliphatic heterocycles. The van der Waals surface area contributed by atoms with Crippen molar-refractivity contribution in [3.05, 3.63) is 40.8 Å². The Kier molecular flexibility index (Phi) is 3.94. The van der Waals surface area contributed by atoms with Gasteiger partial charge in [0.2, 0.25) is 0 Å². The van der Waals surface area contributed by atoms with Crippen LogP contribution in [-0.4, -0.2) is 14.3 Å². The van der Waals surface area contributed by atoms with E-state index in [1.54, 1.807) is 31.2 Å². The summed E-state index contributed by atoms with van der Waals surface area (Å²) in [5.41, 5.74) is 1.67. The second-order valence-electron chi connectivity index (χ2n) is 3.46. The molecule has 1 rings (SSSR count). The van der Waals surface area contributed by atoms with Crippen molar-refractivity contribution in [2.75, 3.05) is 5.88 Å². The molecule has 1 aromatic carbocycles. The van der Waals surface area contributed by atoms with Gasteiger partial charge in [-0.3, -0.25) is 0 Å². The summed E-state index contributed by atoms with van der Waals surface area (Å²) in [5.74, 6) is 0.227. The minimum absolute atomic E-state index is 0.227. The van der Waals surface area contributed by atoms with E-state index in [0.717, 1.165) is 5.56 Å². The van der Waals surface area contributed by atoms with Crippen molar-refractivity contribution in [2.24, 2.45) is 0 Å². The van der Waals surface area contributed by atoms with Crippen LogP contribution in [0.2, 0.25) is 0 Å². The van der Waals surface area contributed by atoms with Crippen molar-refractivity contribution >= 4 is 21.4 Å². The van der Waals surface area contributed by atoms with Crippen LogP contribution in [0, 0.1) is 6.92 Å². The van der Waals surface area contributed by atoms with Crippen molar-refractivity contribution in [1.82, 2.24) is 0 Å². The standard InChI is InChI=1S/C11H13ClO2S/c1-9-3-5-11(6-4-9)15(13,14)8-10(2)7-12/h3-6,8H,7H2,1-2H3/b10-8-. The van der Waals surface area contributed by atoms with Gasteiger partial charge in [-0.15, -0.1) is 11.6 Å². The largest absolute Gasteiger partial charge is 0.219 e. The maximum absolute atomic E-state index is 11.8. The summed E-state index contributed by atoms with van der Waals surface area (Å²) in [6.45, 7) is 3.61. The Bertz CT molecular complexity index is 458. The first-order valence-corrected chi connectivity index (χ1v) is 6.58. The average molecular weight is 245 g/mol. The van der Waals surface area contributed by atoms with E-state index in [9.17, 15) is 8.42 Å². The first-order valence-electron chi connectivity index (χ1n) is 4.50. The molecule has 15 heavy (non-hydrogen) atoms. The van der Waals surface area contributed by atoms with Crippen LogP contribution >= 0.6 is 11.6 Å². The lowest BCUT2D eigenvalue weighted by Gasteiger charge is -2.01. The van der Waals surface area contributed by atoms with Crippen molar-refractivity contribution in [1.29, 1.82) is 0 Å². The van der Waals surface area contributed by atoms with Gasteiger partial charge in [0.15, 0.2) is 9.84 Å². The molecule has 0 N–H and O–H groups in total. The summed E-state index contributed by atoms with van der Waals surface area (Å²) < 4.78 is 23.6. The van der Waals surface area contributed by atoms with Crippen molar-refractivity contribution in [2.45, 2.75) is 18.7 Å². The molecule has 2 nitrogen and oxygen atoms in total. The quantitative estimate of drug-likeness (QED) is 0.767. The predicted octanol–water partition coefficient (Wildman–Crippen LogP) is 2.91. The Hall–Kier alpha value is -0.800. The Labute approximate surface area is 95.5 Å². The zero-order chi connectivity index (χ0) is 11.5. The van der Waals surface area contributed by atoms with E-state index in [2.05, 4.69) is 0 Å². The number of allylic oxidation sites excluding steroid dienone is 1. The molecule has 0 saturated heterocycles. The van der Waals surface area contributed by atoms with E-state index in [1.807, 2.05) is 6.92 Å². The third-order valence-corrected chi connectivity index (χ3v) is 3.98. The van der Waals surface area contributed by atoms with E-state index in [-0.39, 0.29) is 5.88 Å². The molecule has 0 heterocycles. The minimum Gasteiger partial charge on any atom is -0.219 e. The van der Waals surface area contributed by atoms with Crippen LogP contribution in [0.3, 0.4) is 0 Å². The highest BCUT2D eigenvalue weighted by Gasteiger charge is 2.10. The first-order chi connectivity index (χ1) is 6.95. The summed E-state index contributed by atoms with van der Waals surface area (Å²) in [5, 5.41) is 1.21. The summed E-state index contributed by atoms with van der Waals surface area (Å²) in [6, 6.07) is 6.75. The highest BCUT2D eigenvalue weighted by atomic mass is 35.5. The molecule has 82 valence electrons. The van der Waals surface area contributed by atoms with Gasteiger partial charge in [0.05, 0.1) is 4.90 Å². The van der Waals surface area contributed by atoms with Crippen molar-refractivity contribution in [3.63, 3.8) is 0 Å². The van der Waals surface area contributed by atoms with Crippen molar-refractivity contribution in [3.8, 4) is 0 Å². The molecular weight excluding hydrogens is 232 g/mol. The maximum atomic E-state index is 11.8. The summed E-state index contributed by atoms with van der Waals surface area (Å²) in [6.07, 6.45) is 0. The van der Waals surface area contributed by atoms with Gasteiger partial charge in [-0.2, -0.15) is 0 Å². The third-order valence-electron chi connectivity index (χ3n) is 1.92. The summed E-state index contributed by atoms with van der Waals surface area (Å²) in [7, 11) is -3.33. The predicted molar refractivity (Wildman–Crippen MR) is 62.8 cm³/mol. The number of alkyl halides is 1. The molecule has 0 atom stereocenters. The second-order valence-corrected chi connectivity index (χ2v) is 5.52. The van der Waals surface area contributed by atoms with Crippen LogP contribution < -0.4 is 0 Å². The second kappa shape index (κ2) is 4.81. The molecule has 0 fully saturated rings. The Morgan fingerprint density at radius 2 is 1.87 bits per heavy atom. The number of hydrogen-bond donors (Lipinski definition) is 0. The average Bonchev–Trinajstić information content (AvgIpc) is 2.17. The number of benzene rings is 1. The SMILES string of the molecule is C/C(=C/S(=O)(=O)c1ccc(C)cc1)CCl. The monoisotopic (exact) mass is 244 g/mol. The maximum Gasteiger partial charge on any atom is 0.199 e. The van der Waals surface area contributed by atoms with Crippen LogP contribution in [0.4, 0.5) is 0 Å². The van der Waals surface area contributed by atoms with Gasteiger partial charge in [0.25, 0.3) is 0 Å². The van der Waals surface area contributed by atoms with Gasteiger partial charge < -0.3 is 0 Å². The number of sulfone groups is 1. The molecule has 0 aliphatic carbocycles. The fourth-order valence-electron chi connectivity index (χ4n) is 1.09. The zero-order valence-electron chi connectivity index (χ0n) is 8.70.